The molecule has 0 radical (unpaired) electrons. The number of esters is 1. The molecular weight excluding hydrogens is 465 g/mol. The van der Waals surface area contributed by atoms with Crippen LogP contribution in [0.3, 0.4) is 0 Å². The van der Waals surface area contributed by atoms with Crippen molar-refractivity contribution in [2.75, 3.05) is 6.54 Å². The van der Waals surface area contributed by atoms with Crippen molar-refractivity contribution in [1.29, 1.82) is 0 Å². The van der Waals surface area contributed by atoms with Crippen LogP contribution >= 0.6 is 23.2 Å². The largest absolute Gasteiger partial charge is 0.423 e. The number of nitrogens with one attached hydrogen (secondary N) is 2. The molecular formula is C24H19Cl2N3O4. The van der Waals surface area contributed by atoms with Crippen LogP contribution in [0.15, 0.2) is 71.8 Å². The van der Waals surface area contributed by atoms with Crippen LogP contribution < -0.4 is 15.5 Å². The van der Waals surface area contributed by atoms with Gasteiger partial charge in [-0.25, -0.2) is 10.2 Å². The third-order valence-corrected chi connectivity index (χ3v) is 4.99. The summed E-state index contributed by atoms with van der Waals surface area (Å²) in [4.78, 5) is 36.3. The maximum atomic E-state index is 12.2. The van der Waals surface area contributed by atoms with E-state index in [1.165, 1.54) is 18.3 Å². The number of benzene rings is 3. The number of nitrogens with zero attached hydrogens (tertiary/aromatic N) is 1. The van der Waals surface area contributed by atoms with E-state index in [4.69, 9.17) is 27.9 Å². The van der Waals surface area contributed by atoms with E-state index in [2.05, 4.69) is 15.8 Å². The van der Waals surface area contributed by atoms with Crippen LogP contribution in [0.1, 0.15) is 31.8 Å². The summed E-state index contributed by atoms with van der Waals surface area (Å²) in [5, 5.41) is 7.01. The standard InChI is InChI=1S/C24H19Cl2N3O4/c1-15-4-2-3-5-19(15)23(31)27-14-22(30)29-28-13-16-6-9-18(10-7-16)33-24(32)20-11-8-17(25)12-21(20)26/h2-13H,14H2,1H3,(H,27,31)(H,29,30). The van der Waals surface area contributed by atoms with Crippen molar-refractivity contribution in [2.45, 2.75) is 6.92 Å². The van der Waals surface area contributed by atoms with Crippen molar-refractivity contribution >= 4 is 47.2 Å². The molecule has 0 aliphatic rings. The molecule has 0 heterocycles. The van der Waals surface area contributed by atoms with E-state index in [1.807, 2.05) is 19.1 Å². The Hall–Kier alpha value is -3.68. The Morgan fingerprint density at radius 3 is 2.39 bits per heavy atom. The van der Waals surface area contributed by atoms with Gasteiger partial charge < -0.3 is 10.1 Å². The lowest BCUT2D eigenvalue weighted by atomic mass is 10.1. The van der Waals surface area contributed by atoms with Gasteiger partial charge >= 0.3 is 5.97 Å². The van der Waals surface area contributed by atoms with Crippen LogP contribution in [0.4, 0.5) is 0 Å². The van der Waals surface area contributed by atoms with Crippen LogP contribution in [-0.4, -0.2) is 30.5 Å². The number of hydrogen-bond acceptors (Lipinski definition) is 5. The summed E-state index contributed by atoms with van der Waals surface area (Å²) in [5.41, 5.74) is 4.52. The number of carbonyl (C=O) groups excluding carboxylic acids is 3. The summed E-state index contributed by atoms with van der Waals surface area (Å²) in [5.74, 6) is -1.11. The Labute approximate surface area is 200 Å². The van der Waals surface area contributed by atoms with Gasteiger partial charge in [-0.3, -0.25) is 9.59 Å². The minimum absolute atomic E-state index is 0.196. The molecule has 3 aromatic rings. The van der Waals surface area contributed by atoms with Gasteiger partial charge in [0.15, 0.2) is 0 Å². The number of halogens is 2. The molecule has 0 unspecified atom stereocenters. The topological polar surface area (TPSA) is 96.9 Å². The molecule has 3 aromatic carbocycles. The molecule has 0 atom stereocenters. The molecule has 0 saturated heterocycles. The molecule has 2 amide bonds. The van der Waals surface area contributed by atoms with Gasteiger partial charge in [0.05, 0.1) is 23.3 Å². The summed E-state index contributed by atoms with van der Waals surface area (Å²) in [6, 6.07) is 18.0. The number of amides is 2. The van der Waals surface area contributed by atoms with E-state index in [-0.39, 0.29) is 23.0 Å². The Balaban J connectivity index is 1.47. The lowest BCUT2D eigenvalue weighted by molar-refractivity contribution is -0.120. The first-order chi connectivity index (χ1) is 15.8. The van der Waals surface area contributed by atoms with Crippen molar-refractivity contribution in [2.24, 2.45) is 5.10 Å². The summed E-state index contributed by atoms with van der Waals surface area (Å²) in [6.07, 6.45) is 1.42. The molecule has 2 N–H and O–H groups in total. The average molecular weight is 484 g/mol. The van der Waals surface area contributed by atoms with Crippen molar-refractivity contribution in [3.8, 4) is 5.75 Å². The first-order valence-electron chi connectivity index (χ1n) is 9.76. The van der Waals surface area contributed by atoms with Gasteiger partial charge in [-0.2, -0.15) is 5.10 Å². The molecule has 0 spiro atoms. The van der Waals surface area contributed by atoms with Crippen LogP contribution in [0.2, 0.25) is 10.0 Å². The molecule has 33 heavy (non-hydrogen) atoms. The summed E-state index contributed by atoms with van der Waals surface area (Å²) in [7, 11) is 0. The lowest BCUT2D eigenvalue weighted by Gasteiger charge is -2.07. The maximum absolute atomic E-state index is 12.2. The van der Waals surface area contributed by atoms with Crippen LogP contribution in [0, 0.1) is 6.92 Å². The zero-order valence-electron chi connectivity index (χ0n) is 17.5. The summed E-state index contributed by atoms with van der Waals surface area (Å²) >= 11 is 11.8. The van der Waals surface area contributed by atoms with Crippen LogP contribution in [-0.2, 0) is 4.79 Å². The monoisotopic (exact) mass is 483 g/mol. The summed E-state index contributed by atoms with van der Waals surface area (Å²) in [6.45, 7) is 1.60. The number of rotatable bonds is 7. The second kappa shape index (κ2) is 11.3. The number of carbonyl (C=O) groups is 3. The Kier molecular flexibility index (Phi) is 8.18. The maximum Gasteiger partial charge on any atom is 0.345 e. The van der Waals surface area contributed by atoms with Crippen LogP contribution in [0.25, 0.3) is 0 Å². The molecule has 0 aliphatic heterocycles. The van der Waals surface area contributed by atoms with E-state index in [0.717, 1.165) is 5.56 Å². The minimum atomic E-state index is -0.613. The molecule has 168 valence electrons. The molecule has 9 heteroatoms. The Bertz CT molecular complexity index is 1210. The van der Waals surface area contributed by atoms with Crippen molar-refractivity contribution < 1.29 is 19.1 Å². The van der Waals surface area contributed by atoms with E-state index < -0.39 is 11.9 Å². The van der Waals surface area contributed by atoms with Gasteiger partial charge in [0.1, 0.15) is 5.75 Å². The average Bonchev–Trinajstić information content (AvgIpc) is 2.79. The first kappa shape index (κ1) is 24.0. The highest BCUT2D eigenvalue weighted by molar-refractivity contribution is 6.36. The van der Waals surface area contributed by atoms with E-state index in [9.17, 15) is 14.4 Å². The zero-order valence-corrected chi connectivity index (χ0v) is 19.0. The van der Waals surface area contributed by atoms with Crippen molar-refractivity contribution in [1.82, 2.24) is 10.7 Å². The minimum Gasteiger partial charge on any atom is -0.423 e. The smallest absolute Gasteiger partial charge is 0.345 e. The fourth-order valence-electron chi connectivity index (χ4n) is 2.74. The molecule has 7 nitrogen and oxygen atoms in total. The highest BCUT2D eigenvalue weighted by Gasteiger charge is 2.13. The Morgan fingerprint density at radius 2 is 1.70 bits per heavy atom. The summed E-state index contributed by atoms with van der Waals surface area (Å²) < 4.78 is 5.30. The third-order valence-electron chi connectivity index (χ3n) is 4.44. The van der Waals surface area contributed by atoms with Gasteiger partial charge in [0.2, 0.25) is 0 Å². The number of aryl methyl sites for hydroxylation is 1. The van der Waals surface area contributed by atoms with Crippen LogP contribution in [0.5, 0.6) is 5.75 Å². The van der Waals surface area contributed by atoms with Gasteiger partial charge in [-0.1, -0.05) is 41.4 Å². The molecule has 0 bridgehead atoms. The molecule has 0 fully saturated rings. The fraction of sp³-hybridized carbons (Fsp3) is 0.0833. The fourth-order valence-corrected chi connectivity index (χ4v) is 3.23. The van der Waals surface area contributed by atoms with Crippen molar-refractivity contribution in [3.63, 3.8) is 0 Å². The van der Waals surface area contributed by atoms with Gasteiger partial charge in [0, 0.05) is 10.6 Å². The van der Waals surface area contributed by atoms with E-state index >= 15 is 0 Å². The molecule has 0 aromatic heterocycles. The highest BCUT2D eigenvalue weighted by atomic mass is 35.5. The zero-order chi connectivity index (χ0) is 23.8. The predicted molar refractivity (Wildman–Crippen MR) is 127 cm³/mol. The molecule has 3 rings (SSSR count). The third kappa shape index (κ3) is 6.90. The molecule has 0 aliphatic carbocycles. The van der Waals surface area contributed by atoms with Crippen molar-refractivity contribution in [3.05, 3.63) is 99.0 Å². The predicted octanol–water partition coefficient (Wildman–Crippen LogP) is 4.40. The second-order valence-electron chi connectivity index (χ2n) is 6.87. The lowest BCUT2D eigenvalue weighted by Crippen LogP contribution is -2.35. The van der Waals surface area contributed by atoms with E-state index in [1.54, 1.807) is 42.5 Å². The van der Waals surface area contributed by atoms with Gasteiger partial charge in [-0.15, -0.1) is 0 Å². The van der Waals surface area contributed by atoms with Gasteiger partial charge in [0.25, 0.3) is 11.8 Å². The number of ether oxygens (including phenoxy) is 1. The quantitative estimate of drug-likeness (QED) is 0.225. The SMILES string of the molecule is Cc1ccccc1C(=O)NCC(=O)NN=Cc1ccc(OC(=O)c2ccc(Cl)cc2Cl)cc1. The van der Waals surface area contributed by atoms with E-state index in [0.29, 0.717) is 21.9 Å². The number of hydrogen-bond donors (Lipinski definition) is 2. The second-order valence-corrected chi connectivity index (χ2v) is 7.72. The highest BCUT2D eigenvalue weighted by Crippen LogP contribution is 2.23. The normalized spacial score (nSPS) is 10.6. The Morgan fingerprint density at radius 1 is 0.970 bits per heavy atom. The molecule has 0 saturated carbocycles. The van der Waals surface area contributed by atoms with Gasteiger partial charge in [-0.05, 0) is 66.6 Å². The first-order valence-corrected chi connectivity index (χ1v) is 10.5. The number of hydrazone groups is 1.